The summed E-state index contributed by atoms with van der Waals surface area (Å²) < 4.78 is 0. The van der Waals surface area contributed by atoms with Gasteiger partial charge in [-0.15, -0.1) is 0 Å². The van der Waals surface area contributed by atoms with Crippen molar-refractivity contribution in [1.82, 2.24) is 15.2 Å². The lowest BCUT2D eigenvalue weighted by atomic mass is 9.96. The molecule has 6 nitrogen and oxygen atoms in total. The number of nitrogens with two attached hydrogens (primary N) is 1. The van der Waals surface area contributed by atoms with Crippen molar-refractivity contribution in [3.05, 3.63) is 0 Å². The molecule has 1 aliphatic heterocycles. The average molecular weight is 284 g/mol. The van der Waals surface area contributed by atoms with E-state index in [4.69, 9.17) is 5.84 Å². The van der Waals surface area contributed by atoms with Crippen LogP contribution in [0.25, 0.3) is 0 Å². The molecular formula is C14H28N4O2. The van der Waals surface area contributed by atoms with E-state index in [-0.39, 0.29) is 17.7 Å². The molecule has 1 fully saturated rings. The van der Waals surface area contributed by atoms with Gasteiger partial charge in [0, 0.05) is 25.0 Å². The van der Waals surface area contributed by atoms with Crippen molar-refractivity contribution in [1.29, 1.82) is 0 Å². The van der Waals surface area contributed by atoms with E-state index < -0.39 is 0 Å². The fraction of sp³-hybridized carbons (Fsp3) is 0.857. The second-order valence-electron chi connectivity index (χ2n) is 6.06. The predicted molar refractivity (Wildman–Crippen MR) is 78.6 cm³/mol. The molecule has 1 saturated heterocycles. The Kier molecular flexibility index (Phi) is 6.42. The molecule has 20 heavy (non-hydrogen) atoms. The van der Waals surface area contributed by atoms with Crippen molar-refractivity contribution in [3.8, 4) is 0 Å². The minimum atomic E-state index is -0.123. The molecule has 0 aliphatic carbocycles. The summed E-state index contributed by atoms with van der Waals surface area (Å²) >= 11 is 0. The van der Waals surface area contributed by atoms with Crippen LogP contribution in [0.15, 0.2) is 0 Å². The highest BCUT2D eigenvalue weighted by atomic mass is 16.2. The Hall–Kier alpha value is -1.14. The van der Waals surface area contributed by atoms with E-state index in [0.717, 1.165) is 0 Å². The summed E-state index contributed by atoms with van der Waals surface area (Å²) in [7, 11) is 1.98. The third-order valence-corrected chi connectivity index (χ3v) is 4.41. The number of carbonyl (C=O) groups excluding carboxylic acids is 2. The summed E-state index contributed by atoms with van der Waals surface area (Å²) in [6.45, 7) is 8.16. The first-order valence-corrected chi connectivity index (χ1v) is 7.35. The van der Waals surface area contributed by atoms with Crippen molar-refractivity contribution in [2.24, 2.45) is 17.7 Å². The monoisotopic (exact) mass is 284 g/mol. The molecule has 6 heteroatoms. The number of hydrazine groups is 1. The van der Waals surface area contributed by atoms with Gasteiger partial charge in [0.25, 0.3) is 0 Å². The van der Waals surface area contributed by atoms with Crippen molar-refractivity contribution in [2.45, 2.75) is 39.7 Å². The Morgan fingerprint density at radius 1 is 1.30 bits per heavy atom. The van der Waals surface area contributed by atoms with Crippen LogP contribution in [0.4, 0.5) is 0 Å². The lowest BCUT2D eigenvalue weighted by molar-refractivity contribution is -0.136. The quantitative estimate of drug-likeness (QED) is 0.429. The molecule has 1 unspecified atom stereocenters. The molecule has 0 radical (unpaired) electrons. The van der Waals surface area contributed by atoms with Gasteiger partial charge >= 0.3 is 0 Å². The summed E-state index contributed by atoms with van der Waals surface area (Å²) in [4.78, 5) is 27.6. The minimum Gasteiger partial charge on any atom is -0.342 e. The molecule has 3 N–H and O–H groups in total. The number of hydrogen-bond donors (Lipinski definition) is 2. The maximum absolute atomic E-state index is 12.2. The van der Waals surface area contributed by atoms with Crippen LogP contribution in [-0.4, -0.2) is 54.3 Å². The summed E-state index contributed by atoms with van der Waals surface area (Å²) in [6, 6.07) is 0.375. The highest BCUT2D eigenvalue weighted by Crippen LogP contribution is 2.17. The van der Waals surface area contributed by atoms with Crippen LogP contribution in [0.2, 0.25) is 0 Å². The molecule has 0 aromatic carbocycles. The maximum Gasteiger partial charge on any atom is 0.237 e. The number of likely N-dealkylation sites (N-methyl/N-ethyl adjacent to an activating group) is 1. The van der Waals surface area contributed by atoms with Gasteiger partial charge in [-0.05, 0) is 32.7 Å². The zero-order valence-electron chi connectivity index (χ0n) is 13.1. The Morgan fingerprint density at radius 2 is 1.85 bits per heavy atom. The summed E-state index contributed by atoms with van der Waals surface area (Å²) in [6.07, 6.45) is 1.39. The third-order valence-electron chi connectivity index (χ3n) is 4.41. The molecule has 0 bridgehead atoms. The number of nitrogens with one attached hydrogen (secondary N) is 1. The van der Waals surface area contributed by atoms with Crippen LogP contribution in [-0.2, 0) is 9.59 Å². The van der Waals surface area contributed by atoms with Gasteiger partial charge in [-0.1, -0.05) is 13.8 Å². The van der Waals surface area contributed by atoms with Gasteiger partial charge in [0.05, 0.1) is 6.54 Å². The first-order valence-electron chi connectivity index (χ1n) is 7.35. The van der Waals surface area contributed by atoms with Crippen LogP contribution < -0.4 is 11.3 Å². The maximum atomic E-state index is 12.2. The van der Waals surface area contributed by atoms with Gasteiger partial charge in [-0.3, -0.25) is 19.9 Å². The molecule has 1 rings (SSSR count). The van der Waals surface area contributed by atoms with Crippen LogP contribution in [0, 0.1) is 11.8 Å². The summed E-state index contributed by atoms with van der Waals surface area (Å²) in [5.41, 5.74) is 2.19. The fourth-order valence-corrected chi connectivity index (χ4v) is 2.48. The van der Waals surface area contributed by atoms with E-state index in [1.54, 1.807) is 0 Å². The number of hydrogen-bond acceptors (Lipinski definition) is 4. The predicted octanol–water partition coefficient (Wildman–Crippen LogP) is 0.191. The van der Waals surface area contributed by atoms with Crippen molar-refractivity contribution >= 4 is 11.8 Å². The van der Waals surface area contributed by atoms with E-state index in [1.165, 1.54) is 0 Å². The number of carbonyl (C=O) groups is 2. The normalized spacial score (nSPS) is 18.4. The first-order chi connectivity index (χ1) is 9.36. The molecule has 116 valence electrons. The van der Waals surface area contributed by atoms with Crippen LogP contribution in [0.3, 0.4) is 0 Å². The third kappa shape index (κ3) is 4.45. The number of nitrogens with zero attached hydrogens (tertiary/aromatic N) is 2. The molecule has 1 atom stereocenters. The number of amides is 2. The summed E-state index contributed by atoms with van der Waals surface area (Å²) in [5.74, 6) is 5.62. The lowest BCUT2D eigenvalue weighted by Crippen LogP contribution is -2.48. The minimum absolute atomic E-state index is 0.0589. The smallest absolute Gasteiger partial charge is 0.237 e. The van der Waals surface area contributed by atoms with Crippen LogP contribution in [0.1, 0.15) is 33.6 Å². The van der Waals surface area contributed by atoms with Gasteiger partial charge in [0.2, 0.25) is 11.8 Å². The SMILES string of the molecule is CC(C)C(C)N(C)CC(=O)N1CCC(C(=O)NN)CC1. The van der Waals surface area contributed by atoms with Crippen molar-refractivity contribution in [2.75, 3.05) is 26.7 Å². The zero-order valence-corrected chi connectivity index (χ0v) is 13.1. The van der Waals surface area contributed by atoms with Crippen molar-refractivity contribution < 1.29 is 9.59 Å². The van der Waals surface area contributed by atoms with Gasteiger partial charge in [0.15, 0.2) is 0 Å². The Labute approximate surface area is 121 Å². The Bertz CT molecular complexity index is 338. The second-order valence-corrected chi connectivity index (χ2v) is 6.06. The average Bonchev–Trinajstić information content (AvgIpc) is 2.45. The molecule has 0 aromatic rings. The Balaban J connectivity index is 2.41. The lowest BCUT2D eigenvalue weighted by Gasteiger charge is -2.34. The van der Waals surface area contributed by atoms with Crippen molar-refractivity contribution in [3.63, 3.8) is 0 Å². The molecule has 0 saturated carbocycles. The second kappa shape index (κ2) is 7.59. The number of rotatable bonds is 5. The highest BCUT2D eigenvalue weighted by Gasteiger charge is 2.27. The Morgan fingerprint density at radius 3 is 2.30 bits per heavy atom. The van der Waals surface area contributed by atoms with Gasteiger partial charge in [-0.2, -0.15) is 0 Å². The molecular weight excluding hydrogens is 256 g/mol. The highest BCUT2D eigenvalue weighted by molar-refractivity contribution is 5.80. The van der Waals surface area contributed by atoms with E-state index >= 15 is 0 Å². The van der Waals surface area contributed by atoms with E-state index in [9.17, 15) is 9.59 Å². The van der Waals surface area contributed by atoms with E-state index in [2.05, 4.69) is 31.1 Å². The molecule has 2 amide bonds. The zero-order chi connectivity index (χ0) is 15.3. The fourth-order valence-electron chi connectivity index (χ4n) is 2.48. The standard InChI is InChI=1S/C14H28N4O2/c1-10(2)11(3)17(4)9-13(19)18-7-5-12(6-8-18)14(20)16-15/h10-12H,5-9,15H2,1-4H3,(H,16,20). The molecule has 1 aliphatic rings. The topological polar surface area (TPSA) is 78.7 Å². The van der Waals surface area contributed by atoms with E-state index in [0.29, 0.717) is 44.4 Å². The molecule has 1 heterocycles. The van der Waals surface area contributed by atoms with Gasteiger partial charge in [0.1, 0.15) is 0 Å². The van der Waals surface area contributed by atoms with E-state index in [1.807, 2.05) is 11.9 Å². The summed E-state index contributed by atoms with van der Waals surface area (Å²) in [5, 5.41) is 0. The number of likely N-dealkylation sites (tertiary alicyclic amines) is 1. The first kappa shape index (κ1) is 16.9. The van der Waals surface area contributed by atoms with Crippen LogP contribution >= 0.6 is 0 Å². The molecule has 0 aromatic heterocycles. The van der Waals surface area contributed by atoms with Crippen LogP contribution in [0.5, 0.6) is 0 Å². The molecule has 0 spiro atoms. The number of piperidine rings is 1. The van der Waals surface area contributed by atoms with Gasteiger partial charge in [-0.25, -0.2) is 5.84 Å². The van der Waals surface area contributed by atoms with Gasteiger partial charge < -0.3 is 4.90 Å². The largest absolute Gasteiger partial charge is 0.342 e.